The first-order valence-electron chi connectivity index (χ1n) is 11.1. The number of nitro groups is 1. The molecule has 0 aromatic heterocycles. The van der Waals surface area contributed by atoms with E-state index in [2.05, 4.69) is 15.8 Å². The topological polar surface area (TPSA) is 132 Å². The van der Waals surface area contributed by atoms with Crippen molar-refractivity contribution in [3.8, 4) is 11.5 Å². The van der Waals surface area contributed by atoms with Crippen LogP contribution in [0.5, 0.6) is 11.5 Å². The average Bonchev–Trinajstić information content (AvgIpc) is 3.36. The van der Waals surface area contributed by atoms with Gasteiger partial charge in [-0.2, -0.15) is 5.10 Å². The molecule has 4 rings (SSSR count). The molecule has 0 radical (unpaired) electrons. The van der Waals surface area contributed by atoms with Gasteiger partial charge < -0.3 is 14.8 Å². The van der Waals surface area contributed by atoms with E-state index in [1.807, 2.05) is 36.4 Å². The summed E-state index contributed by atoms with van der Waals surface area (Å²) < 4.78 is 10.4. The highest BCUT2D eigenvalue weighted by Gasteiger charge is 2.22. The van der Waals surface area contributed by atoms with Crippen molar-refractivity contribution in [1.29, 1.82) is 0 Å². The van der Waals surface area contributed by atoms with Gasteiger partial charge in [-0.15, -0.1) is 0 Å². The molecule has 0 fully saturated rings. The largest absolute Gasteiger partial charge is 0.454 e. The standard InChI is InChI=1S/C27H22N4O6/c1-18(12-19-8-4-2-5-9-19)13-22(29-26(32)20-10-6-3-7-11-20)27(33)30-28-16-21-14-24-25(37-17-36-24)15-23(21)31(34)35/h2-16H,17H2,1H3,(H,29,32)(H,30,33)/b18-12-,22-13+,28-16+. The number of allylic oxidation sites excluding steroid dienone is 2. The van der Waals surface area contributed by atoms with E-state index in [9.17, 15) is 19.7 Å². The van der Waals surface area contributed by atoms with E-state index in [0.29, 0.717) is 16.9 Å². The van der Waals surface area contributed by atoms with Gasteiger partial charge in [0.1, 0.15) is 5.70 Å². The van der Waals surface area contributed by atoms with Gasteiger partial charge >= 0.3 is 0 Å². The monoisotopic (exact) mass is 498 g/mol. The molecule has 0 aliphatic carbocycles. The predicted octanol–water partition coefficient (Wildman–Crippen LogP) is 4.19. The lowest BCUT2D eigenvalue weighted by atomic mass is 10.1. The summed E-state index contributed by atoms with van der Waals surface area (Å²) in [5.74, 6) is -0.618. The van der Waals surface area contributed by atoms with E-state index in [1.165, 1.54) is 18.2 Å². The molecule has 0 atom stereocenters. The molecular formula is C27H22N4O6. The number of hydrogen-bond donors (Lipinski definition) is 2. The summed E-state index contributed by atoms with van der Waals surface area (Å²) in [5.41, 5.74) is 4.07. The van der Waals surface area contributed by atoms with Gasteiger partial charge in [-0.25, -0.2) is 5.43 Å². The Kier molecular flexibility index (Phi) is 7.69. The number of hydrazone groups is 1. The first kappa shape index (κ1) is 24.9. The van der Waals surface area contributed by atoms with Gasteiger partial charge in [-0.1, -0.05) is 54.6 Å². The van der Waals surface area contributed by atoms with Gasteiger partial charge in [0.05, 0.1) is 22.8 Å². The van der Waals surface area contributed by atoms with Crippen molar-refractivity contribution in [3.05, 3.63) is 117 Å². The molecule has 1 heterocycles. The van der Waals surface area contributed by atoms with E-state index in [4.69, 9.17) is 9.47 Å². The maximum atomic E-state index is 13.0. The summed E-state index contributed by atoms with van der Waals surface area (Å²) in [7, 11) is 0. The van der Waals surface area contributed by atoms with Crippen LogP contribution < -0.4 is 20.2 Å². The van der Waals surface area contributed by atoms with Crippen LogP contribution in [0.1, 0.15) is 28.4 Å². The first-order chi connectivity index (χ1) is 17.9. The number of nitrogens with one attached hydrogen (secondary N) is 2. The minimum Gasteiger partial charge on any atom is -0.454 e. The lowest BCUT2D eigenvalue weighted by molar-refractivity contribution is -0.385. The van der Waals surface area contributed by atoms with Crippen LogP contribution in [-0.2, 0) is 4.79 Å². The molecule has 0 spiro atoms. The maximum absolute atomic E-state index is 13.0. The number of fused-ring (bicyclic) bond motifs is 1. The Balaban J connectivity index is 1.57. The van der Waals surface area contributed by atoms with Crippen LogP contribution in [0.25, 0.3) is 6.08 Å². The van der Waals surface area contributed by atoms with Crippen LogP contribution in [0.4, 0.5) is 5.69 Å². The molecule has 2 N–H and O–H groups in total. The Morgan fingerprint density at radius 2 is 1.65 bits per heavy atom. The normalized spacial score (nSPS) is 12.9. The highest BCUT2D eigenvalue weighted by molar-refractivity contribution is 6.03. The van der Waals surface area contributed by atoms with E-state index in [0.717, 1.165) is 11.8 Å². The van der Waals surface area contributed by atoms with Crippen molar-refractivity contribution < 1.29 is 24.0 Å². The molecule has 1 aliphatic rings. The summed E-state index contributed by atoms with van der Waals surface area (Å²) in [6.45, 7) is 1.74. The van der Waals surface area contributed by atoms with Crippen LogP contribution >= 0.6 is 0 Å². The maximum Gasteiger partial charge on any atom is 0.287 e. The third kappa shape index (κ3) is 6.45. The number of ether oxygens (including phenoxy) is 2. The van der Waals surface area contributed by atoms with Crippen LogP contribution in [0.3, 0.4) is 0 Å². The van der Waals surface area contributed by atoms with Gasteiger partial charge in [-0.05, 0) is 42.3 Å². The van der Waals surface area contributed by atoms with Crippen molar-refractivity contribution in [2.75, 3.05) is 6.79 Å². The van der Waals surface area contributed by atoms with Gasteiger partial charge in [0, 0.05) is 5.56 Å². The molecular weight excluding hydrogens is 476 g/mol. The SMILES string of the molecule is CC(=C/c1ccccc1)/C=C(/NC(=O)c1ccccc1)C(=O)N/N=C/c1cc2c(cc1[N+](=O)[O-])OCO2. The zero-order valence-electron chi connectivity index (χ0n) is 19.7. The summed E-state index contributed by atoms with van der Waals surface area (Å²) in [4.78, 5) is 36.6. The minimum atomic E-state index is -0.718. The smallest absolute Gasteiger partial charge is 0.287 e. The van der Waals surface area contributed by atoms with E-state index in [1.54, 1.807) is 37.3 Å². The number of nitro benzene ring substituents is 1. The lowest BCUT2D eigenvalue weighted by Crippen LogP contribution is -2.33. The van der Waals surface area contributed by atoms with Crippen LogP contribution in [-0.4, -0.2) is 29.7 Å². The third-order valence-electron chi connectivity index (χ3n) is 5.18. The summed E-state index contributed by atoms with van der Waals surface area (Å²) in [6.07, 6.45) is 4.49. The predicted molar refractivity (Wildman–Crippen MR) is 137 cm³/mol. The number of amides is 2. The molecule has 0 unspecified atom stereocenters. The number of carbonyl (C=O) groups is 2. The number of hydrogen-bond acceptors (Lipinski definition) is 7. The van der Waals surface area contributed by atoms with Gasteiger partial charge in [0.2, 0.25) is 6.79 Å². The summed E-state index contributed by atoms with van der Waals surface area (Å²) >= 11 is 0. The van der Waals surface area contributed by atoms with E-state index >= 15 is 0 Å². The fourth-order valence-corrected chi connectivity index (χ4v) is 3.45. The van der Waals surface area contributed by atoms with Crippen molar-refractivity contribution >= 4 is 29.8 Å². The second kappa shape index (κ2) is 11.5. The van der Waals surface area contributed by atoms with Gasteiger partial charge in [0.15, 0.2) is 11.5 Å². The van der Waals surface area contributed by atoms with Crippen LogP contribution in [0, 0.1) is 10.1 Å². The molecule has 10 heteroatoms. The number of carbonyl (C=O) groups excluding carboxylic acids is 2. The summed E-state index contributed by atoms with van der Waals surface area (Å²) in [6, 6.07) is 20.5. The second-order valence-corrected chi connectivity index (χ2v) is 7.90. The highest BCUT2D eigenvalue weighted by Crippen LogP contribution is 2.37. The highest BCUT2D eigenvalue weighted by atomic mass is 16.7. The molecule has 0 bridgehead atoms. The Labute approximate surface area is 212 Å². The Bertz CT molecular complexity index is 1420. The molecule has 2 amide bonds. The zero-order valence-corrected chi connectivity index (χ0v) is 19.7. The van der Waals surface area contributed by atoms with E-state index < -0.39 is 16.7 Å². The fraction of sp³-hybridized carbons (Fsp3) is 0.0741. The lowest BCUT2D eigenvalue weighted by Gasteiger charge is -2.09. The summed E-state index contributed by atoms with van der Waals surface area (Å²) in [5, 5.41) is 17.9. The zero-order chi connectivity index (χ0) is 26.2. The third-order valence-corrected chi connectivity index (χ3v) is 5.18. The molecule has 186 valence electrons. The van der Waals surface area contributed by atoms with Gasteiger partial charge in [0.25, 0.3) is 17.5 Å². The Hall–Kier alpha value is -5.25. The second-order valence-electron chi connectivity index (χ2n) is 7.90. The molecule has 0 saturated heterocycles. The molecule has 0 saturated carbocycles. The van der Waals surface area contributed by atoms with Crippen molar-refractivity contribution in [3.63, 3.8) is 0 Å². The Morgan fingerprint density at radius 1 is 1.00 bits per heavy atom. The van der Waals surface area contributed by atoms with Gasteiger partial charge in [-0.3, -0.25) is 19.7 Å². The molecule has 10 nitrogen and oxygen atoms in total. The fourth-order valence-electron chi connectivity index (χ4n) is 3.45. The van der Waals surface area contributed by atoms with Crippen LogP contribution in [0.15, 0.2) is 95.2 Å². The average molecular weight is 498 g/mol. The molecule has 3 aromatic carbocycles. The number of nitrogens with zero attached hydrogens (tertiary/aromatic N) is 2. The molecule has 3 aromatic rings. The quantitative estimate of drug-likeness (QED) is 0.157. The molecule has 37 heavy (non-hydrogen) atoms. The van der Waals surface area contributed by atoms with Crippen molar-refractivity contribution in [2.45, 2.75) is 6.92 Å². The Morgan fingerprint density at radius 3 is 2.32 bits per heavy atom. The van der Waals surface area contributed by atoms with Crippen molar-refractivity contribution in [2.24, 2.45) is 5.10 Å². The first-order valence-corrected chi connectivity index (χ1v) is 11.1. The van der Waals surface area contributed by atoms with Crippen molar-refractivity contribution in [1.82, 2.24) is 10.7 Å². The van der Waals surface area contributed by atoms with Crippen LogP contribution in [0.2, 0.25) is 0 Å². The number of benzene rings is 3. The molecule has 1 aliphatic heterocycles. The number of rotatable bonds is 8. The minimum absolute atomic E-state index is 0.0467. The van der Waals surface area contributed by atoms with E-state index in [-0.39, 0.29) is 29.5 Å².